The van der Waals surface area contributed by atoms with Crippen LogP contribution >= 0.6 is 0 Å². The van der Waals surface area contributed by atoms with Crippen LogP contribution in [0.2, 0.25) is 0 Å². The van der Waals surface area contributed by atoms with Gasteiger partial charge in [0.1, 0.15) is 11.9 Å². The fraction of sp³-hybridized carbons (Fsp3) is 0.455. The van der Waals surface area contributed by atoms with Crippen molar-refractivity contribution in [1.82, 2.24) is 5.32 Å². The third-order valence-electron chi connectivity index (χ3n) is 2.42. The van der Waals surface area contributed by atoms with E-state index in [-0.39, 0.29) is 6.10 Å². The standard InChI is InChI=1S/C11H11F3NO/c12-11(13,14)8-1-3-9(4-2-8)16-10-5-6-15-7-10/h1-3,10,15H,5-7H2. The van der Waals surface area contributed by atoms with Gasteiger partial charge in [0, 0.05) is 12.6 Å². The fourth-order valence-electron chi connectivity index (χ4n) is 1.57. The minimum atomic E-state index is -4.32. The van der Waals surface area contributed by atoms with Gasteiger partial charge < -0.3 is 10.1 Å². The van der Waals surface area contributed by atoms with Crippen LogP contribution in [0.25, 0.3) is 0 Å². The van der Waals surface area contributed by atoms with Crippen LogP contribution in [0.15, 0.2) is 18.2 Å². The van der Waals surface area contributed by atoms with Gasteiger partial charge in [-0.25, -0.2) is 0 Å². The molecule has 16 heavy (non-hydrogen) atoms. The molecule has 0 spiro atoms. The fourth-order valence-corrected chi connectivity index (χ4v) is 1.57. The van der Waals surface area contributed by atoms with Crippen molar-refractivity contribution in [2.75, 3.05) is 13.1 Å². The van der Waals surface area contributed by atoms with E-state index >= 15 is 0 Å². The van der Waals surface area contributed by atoms with Crippen molar-refractivity contribution in [3.8, 4) is 5.75 Å². The molecule has 0 bridgehead atoms. The predicted molar refractivity (Wildman–Crippen MR) is 52.2 cm³/mol. The zero-order valence-corrected chi connectivity index (χ0v) is 8.47. The molecule has 1 aliphatic heterocycles. The van der Waals surface area contributed by atoms with E-state index in [1.807, 2.05) is 0 Å². The summed E-state index contributed by atoms with van der Waals surface area (Å²) < 4.78 is 42.2. The molecular weight excluding hydrogens is 219 g/mol. The maximum Gasteiger partial charge on any atom is 0.416 e. The third kappa shape index (κ3) is 2.66. The van der Waals surface area contributed by atoms with Crippen molar-refractivity contribution in [3.05, 3.63) is 29.8 Å². The molecule has 1 N–H and O–H groups in total. The maximum atomic E-state index is 12.3. The minimum Gasteiger partial charge on any atom is -0.488 e. The van der Waals surface area contributed by atoms with Gasteiger partial charge in [0.2, 0.25) is 0 Å². The van der Waals surface area contributed by atoms with E-state index in [2.05, 4.69) is 11.4 Å². The Morgan fingerprint density at radius 1 is 1.38 bits per heavy atom. The Bertz CT molecular complexity index is 341. The molecule has 1 unspecified atom stereocenters. The first-order valence-corrected chi connectivity index (χ1v) is 5.02. The number of hydrogen-bond acceptors (Lipinski definition) is 2. The molecule has 1 fully saturated rings. The highest BCUT2D eigenvalue weighted by molar-refractivity contribution is 5.27. The second-order valence-corrected chi connectivity index (χ2v) is 3.67. The van der Waals surface area contributed by atoms with Crippen molar-refractivity contribution < 1.29 is 17.9 Å². The Labute approximate surface area is 91.4 Å². The van der Waals surface area contributed by atoms with Crippen LogP contribution in [-0.2, 0) is 6.18 Å². The summed E-state index contributed by atoms with van der Waals surface area (Å²) in [6, 6.07) is 5.73. The summed E-state index contributed by atoms with van der Waals surface area (Å²) in [6.45, 7) is 1.61. The maximum absolute atomic E-state index is 12.3. The first-order valence-electron chi connectivity index (χ1n) is 5.02. The number of nitrogens with one attached hydrogen (secondary N) is 1. The Balaban J connectivity index is 2.01. The highest BCUT2D eigenvalue weighted by Crippen LogP contribution is 2.30. The summed E-state index contributed by atoms with van der Waals surface area (Å²) in [5, 5.41) is 3.11. The van der Waals surface area contributed by atoms with Gasteiger partial charge in [-0.3, -0.25) is 0 Å². The van der Waals surface area contributed by atoms with Gasteiger partial charge in [0.15, 0.2) is 0 Å². The quantitative estimate of drug-likeness (QED) is 0.841. The zero-order chi connectivity index (χ0) is 11.6. The molecule has 2 rings (SSSR count). The zero-order valence-electron chi connectivity index (χ0n) is 8.47. The van der Waals surface area contributed by atoms with Gasteiger partial charge in [-0.05, 0) is 31.2 Å². The number of halogens is 3. The van der Waals surface area contributed by atoms with E-state index in [1.165, 1.54) is 6.07 Å². The van der Waals surface area contributed by atoms with Gasteiger partial charge in [-0.15, -0.1) is 0 Å². The number of rotatable bonds is 2. The van der Waals surface area contributed by atoms with E-state index in [4.69, 9.17) is 4.74 Å². The summed E-state index contributed by atoms with van der Waals surface area (Å²) in [5.74, 6) is 0.363. The van der Waals surface area contributed by atoms with Gasteiger partial charge in [-0.2, -0.15) is 13.2 Å². The van der Waals surface area contributed by atoms with Crippen molar-refractivity contribution in [3.63, 3.8) is 0 Å². The average molecular weight is 230 g/mol. The molecule has 2 nitrogen and oxygen atoms in total. The predicted octanol–water partition coefficient (Wildman–Crippen LogP) is 2.25. The molecule has 0 aromatic heterocycles. The van der Waals surface area contributed by atoms with Crippen LogP contribution < -0.4 is 10.1 Å². The highest BCUT2D eigenvalue weighted by atomic mass is 19.4. The second-order valence-electron chi connectivity index (χ2n) is 3.67. The molecule has 1 aromatic carbocycles. The lowest BCUT2D eigenvalue weighted by molar-refractivity contribution is -0.137. The molecule has 1 atom stereocenters. The summed E-state index contributed by atoms with van der Waals surface area (Å²) in [6.07, 6.45) is -3.41. The van der Waals surface area contributed by atoms with E-state index in [1.54, 1.807) is 0 Å². The van der Waals surface area contributed by atoms with Crippen molar-refractivity contribution >= 4 is 0 Å². The normalized spacial score (nSPS) is 21.1. The SMILES string of the molecule is FC(F)(F)c1c[c]c(OC2CCNC2)cc1. The highest BCUT2D eigenvalue weighted by Gasteiger charge is 2.30. The second kappa shape index (κ2) is 4.33. The van der Waals surface area contributed by atoms with Crippen LogP contribution in [0.3, 0.4) is 0 Å². The van der Waals surface area contributed by atoms with Crippen molar-refractivity contribution in [1.29, 1.82) is 0 Å². The molecule has 1 aromatic rings. The van der Waals surface area contributed by atoms with Crippen molar-refractivity contribution in [2.24, 2.45) is 0 Å². The van der Waals surface area contributed by atoms with Crippen LogP contribution in [-0.4, -0.2) is 19.2 Å². The van der Waals surface area contributed by atoms with E-state index in [0.717, 1.165) is 31.6 Å². The van der Waals surface area contributed by atoms with Crippen LogP contribution in [0.4, 0.5) is 13.2 Å². The average Bonchev–Trinajstić information content (AvgIpc) is 2.70. The summed E-state index contributed by atoms with van der Waals surface area (Å²) in [4.78, 5) is 0. The van der Waals surface area contributed by atoms with Crippen molar-refractivity contribution in [2.45, 2.75) is 18.7 Å². The molecule has 1 radical (unpaired) electrons. The topological polar surface area (TPSA) is 21.3 Å². The molecule has 0 aliphatic carbocycles. The largest absolute Gasteiger partial charge is 0.488 e. The molecule has 5 heteroatoms. The minimum absolute atomic E-state index is 0.0352. The number of alkyl halides is 3. The van der Waals surface area contributed by atoms with Crippen LogP contribution in [0.1, 0.15) is 12.0 Å². The summed E-state index contributed by atoms with van der Waals surface area (Å²) >= 11 is 0. The lowest BCUT2D eigenvalue weighted by atomic mass is 10.2. The lowest BCUT2D eigenvalue weighted by Gasteiger charge is -2.13. The Kier molecular flexibility index (Phi) is 3.05. The first kappa shape index (κ1) is 11.3. The lowest BCUT2D eigenvalue weighted by Crippen LogP contribution is -2.19. The van der Waals surface area contributed by atoms with E-state index in [9.17, 15) is 13.2 Å². The summed E-state index contributed by atoms with van der Waals surface area (Å²) in [5.41, 5.74) is -0.704. The van der Waals surface area contributed by atoms with Crippen LogP contribution in [0.5, 0.6) is 5.75 Å². The Hall–Kier alpha value is -1.23. The molecule has 1 saturated heterocycles. The molecule has 1 heterocycles. The van der Waals surface area contributed by atoms with Crippen LogP contribution in [0, 0.1) is 6.07 Å². The van der Waals surface area contributed by atoms with E-state index in [0.29, 0.717) is 5.75 Å². The number of hydrogen-bond donors (Lipinski definition) is 1. The van der Waals surface area contributed by atoms with Gasteiger partial charge in [0.05, 0.1) is 5.56 Å². The molecule has 0 saturated carbocycles. The number of ether oxygens (including phenoxy) is 1. The van der Waals surface area contributed by atoms with Gasteiger partial charge >= 0.3 is 6.18 Å². The molecule has 0 amide bonds. The smallest absolute Gasteiger partial charge is 0.416 e. The van der Waals surface area contributed by atoms with E-state index < -0.39 is 11.7 Å². The van der Waals surface area contributed by atoms with Gasteiger partial charge in [-0.1, -0.05) is 0 Å². The first-order chi connectivity index (χ1) is 7.55. The molecule has 1 aliphatic rings. The Morgan fingerprint density at radius 3 is 2.69 bits per heavy atom. The monoisotopic (exact) mass is 230 g/mol. The number of benzene rings is 1. The molecule has 87 valence electrons. The molecular formula is C11H11F3NO. The Morgan fingerprint density at radius 2 is 2.19 bits per heavy atom. The summed E-state index contributed by atoms with van der Waals surface area (Å²) in [7, 11) is 0. The van der Waals surface area contributed by atoms with Gasteiger partial charge in [0.25, 0.3) is 0 Å². The third-order valence-corrected chi connectivity index (χ3v) is 2.42.